The minimum atomic E-state index is -1.15. The molecule has 0 saturated heterocycles. The van der Waals surface area contributed by atoms with Crippen LogP contribution in [-0.4, -0.2) is 46.1 Å². The molecule has 0 aliphatic carbocycles. The molecule has 256 valence electrons. The molecule has 43 heavy (non-hydrogen) atoms. The summed E-state index contributed by atoms with van der Waals surface area (Å²) in [6, 6.07) is -0.818. The minimum Gasteiger partial charge on any atom is -0.394 e. The Morgan fingerprint density at radius 3 is 1.35 bits per heavy atom. The van der Waals surface area contributed by atoms with Crippen molar-refractivity contribution < 1.29 is 20.1 Å². The molecule has 5 nitrogen and oxygen atoms in total. The number of hydrogen-bond donors (Lipinski definition) is 4. The van der Waals surface area contributed by atoms with Gasteiger partial charge in [-0.15, -0.1) is 0 Å². The molecule has 0 saturated carbocycles. The fraction of sp³-hybridized carbons (Fsp3) is 0.921. The summed E-state index contributed by atoms with van der Waals surface area (Å²) in [5.74, 6) is -0.154. The van der Waals surface area contributed by atoms with E-state index in [1.807, 2.05) is 0 Å². The van der Waals surface area contributed by atoms with Crippen molar-refractivity contribution in [3.63, 3.8) is 0 Å². The molecule has 0 aromatic heterocycles. The SMILES string of the molecule is CCCCCCCCCCCC/C=C/CCCC(O)C(O)C(CO)NC(=O)CCCCCCCCCCCCCCCC. The molecule has 0 fully saturated rings. The van der Waals surface area contributed by atoms with E-state index in [0.717, 1.165) is 38.5 Å². The molecule has 0 aliphatic heterocycles. The summed E-state index contributed by atoms with van der Waals surface area (Å²) in [6.45, 7) is 4.16. The van der Waals surface area contributed by atoms with Gasteiger partial charge in [0.05, 0.1) is 18.8 Å². The predicted octanol–water partition coefficient (Wildman–Crippen LogP) is 10.1. The summed E-state index contributed by atoms with van der Waals surface area (Å²) in [6.07, 6.45) is 37.3. The van der Waals surface area contributed by atoms with E-state index in [2.05, 4.69) is 31.3 Å². The predicted molar refractivity (Wildman–Crippen MR) is 185 cm³/mol. The molecule has 3 unspecified atom stereocenters. The zero-order valence-corrected chi connectivity index (χ0v) is 28.8. The smallest absolute Gasteiger partial charge is 0.220 e. The van der Waals surface area contributed by atoms with E-state index < -0.39 is 18.2 Å². The van der Waals surface area contributed by atoms with Gasteiger partial charge in [-0.1, -0.05) is 167 Å². The van der Waals surface area contributed by atoms with Gasteiger partial charge in [-0.05, 0) is 38.5 Å². The highest BCUT2D eigenvalue weighted by molar-refractivity contribution is 5.76. The first-order valence-electron chi connectivity index (χ1n) is 19.0. The van der Waals surface area contributed by atoms with Gasteiger partial charge >= 0.3 is 0 Å². The minimum absolute atomic E-state index is 0.154. The Kier molecular flexibility index (Phi) is 33.3. The molecule has 1 amide bonds. The van der Waals surface area contributed by atoms with Crippen LogP contribution in [0.25, 0.3) is 0 Å². The molecule has 5 heteroatoms. The number of amides is 1. The van der Waals surface area contributed by atoms with Gasteiger partial charge in [0.1, 0.15) is 6.10 Å². The van der Waals surface area contributed by atoms with E-state index in [0.29, 0.717) is 12.8 Å². The number of allylic oxidation sites excluding steroid dienone is 2. The second-order valence-electron chi connectivity index (χ2n) is 13.1. The number of aliphatic hydroxyl groups excluding tert-OH is 3. The molecule has 4 N–H and O–H groups in total. The molecule has 0 bridgehead atoms. The first-order chi connectivity index (χ1) is 21.1. The standard InChI is InChI=1S/C38H75NO4/c1-3-5-7-9-11-13-15-17-19-20-22-24-26-28-30-32-36(41)38(43)35(34-40)39-37(42)33-31-29-27-25-23-21-18-16-14-12-10-8-6-4-2/h24,26,35-36,38,40-41,43H,3-23,25,27-34H2,1-2H3,(H,39,42)/b26-24+. The monoisotopic (exact) mass is 610 g/mol. The molecule has 0 radical (unpaired) electrons. The van der Waals surface area contributed by atoms with Crippen molar-refractivity contribution in [1.29, 1.82) is 0 Å². The second kappa shape index (κ2) is 34.0. The third-order valence-corrected chi connectivity index (χ3v) is 8.87. The van der Waals surface area contributed by atoms with Crippen molar-refractivity contribution in [3.8, 4) is 0 Å². The van der Waals surface area contributed by atoms with Crippen LogP contribution in [-0.2, 0) is 4.79 Å². The van der Waals surface area contributed by atoms with Gasteiger partial charge < -0.3 is 20.6 Å². The van der Waals surface area contributed by atoms with Gasteiger partial charge in [-0.3, -0.25) is 4.79 Å². The van der Waals surface area contributed by atoms with Crippen LogP contribution in [0.2, 0.25) is 0 Å². The molecule has 0 aromatic rings. The topological polar surface area (TPSA) is 89.8 Å². The zero-order chi connectivity index (χ0) is 31.6. The third kappa shape index (κ3) is 29.6. The van der Waals surface area contributed by atoms with Crippen molar-refractivity contribution in [2.75, 3.05) is 6.61 Å². The first-order valence-corrected chi connectivity index (χ1v) is 19.0. The zero-order valence-electron chi connectivity index (χ0n) is 28.8. The number of carbonyl (C=O) groups excluding carboxylic acids is 1. The Bertz CT molecular complexity index is 596. The van der Waals surface area contributed by atoms with Crippen LogP contribution < -0.4 is 5.32 Å². The van der Waals surface area contributed by atoms with Crippen molar-refractivity contribution in [1.82, 2.24) is 5.32 Å². The number of aliphatic hydroxyl groups is 3. The van der Waals surface area contributed by atoms with E-state index in [1.165, 1.54) is 135 Å². The van der Waals surface area contributed by atoms with Gasteiger partial charge in [-0.25, -0.2) is 0 Å². The largest absolute Gasteiger partial charge is 0.394 e. The molecular weight excluding hydrogens is 534 g/mol. The van der Waals surface area contributed by atoms with E-state index in [-0.39, 0.29) is 12.5 Å². The molecule has 0 rings (SSSR count). The summed E-state index contributed by atoms with van der Waals surface area (Å²) in [4.78, 5) is 12.3. The number of nitrogens with one attached hydrogen (secondary N) is 1. The molecule has 3 atom stereocenters. The average Bonchev–Trinajstić information content (AvgIpc) is 3.01. The van der Waals surface area contributed by atoms with Crippen LogP contribution in [0, 0.1) is 0 Å². The molecular formula is C38H75NO4. The highest BCUT2D eigenvalue weighted by Gasteiger charge is 2.26. The van der Waals surface area contributed by atoms with Crippen molar-refractivity contribution in [2.45, 2.75) is 218 Å². The highest BCUT2D eigenvalue weighted by Crippen LogP contribution is 2.15. The maximum atomic E-state index is 12.3. The number of rotatable bonds is 34. The molecule has 0 aliphatic rings. The van der Waals surface area contributed by atoms with E-state index in [4.69, 9.17) is 0 Å². The van der Waals surface area contributed by atoms with Crippen LogP contribution in [0.4, 0.5) is 0 Å². The second-order valence-corrected chi connectivity index (χ2v) is 13.1. The van der Waals surface area contributed by atoms with Gasteiger partial charge in [0.15, 0.2) is 0 Å². The van der Waals surface area contributed by atoms with Crippen LogP contribution >= 0.6 is 0 Å². The Morgan fingerprint density at radius 2 is 0.930 bits per heavy atom. The van der Waals surface area contributed by atoms with Crippen molar-refractivity contribution in [2.24, 2.45) is 0 Å². The van der Waals surface area contributed by atoms with E-state index in [1.54, 1.807) is 0 Å². The molecule has 0 heterocycles. The van der Waals surface area contributed by atoms with Crippen molar-refractivity contribution >= 4 is 5.91 Å². The molecule has 0 spiro atoms. The highest BCUT2D eigenvalue weighted by atomic mass is 16.3. The number of hydrogen-bond acceptors (Lipinski definition) is 4. The lowest BCUT2D eigenvalue weighted by Gasteiger charge is -2.26. The summed E-state index contributed by atoms with van der Waals surface area (Å²) in [7, 11) is 0. The van der Waals surface area contributed by atoms with Gasteiger partial charge in [0, 0.05) is 6.42 Å². The van der Waals surface area contributed by atoms with Crippen LogP contribution in [0.15, 0.2) is 12.2 Å². The Hall–Kier alpha value is -0.910. The normalized spacial score (nSPS) is 13.9. The lowest BCUT2D eigenvalue weighted by Crippen LogP contribution is -2.50. The van der Waals surface area contributed by atoms with Crippen LogP contribution in [0.5, 0.6) is 0 Å². The summed E-state index contributed by atoms with van der Waals surface area (Å²) in [5, 5.41) is 33.3. The Balaban J connectivity index is 3.71. The number of unbranched alkanes of at least 4 members (excludes halogenated alkanes) is 24. The third-order valence-electron chi connectivity index (χ3n) is 8.87. The van der Waals surface area contributed by atoms with Gasteiger partial charge in [0.25, 0.3) is 0 Å². The first kappa shape index (κ1) is 42.1. The Labute approximate surface area is 268 Å². The molecule has 0 aromatic carbocycles. The summed E-state index contributed by atoms with van der Waals surface area (Å²) in [5.41, 5.74) is 0. The average molecular weight is 610 g/mol. The van der Waals surface area contributed by atoms with E-state index in [9.17, 15) is 20.1 Å². The fourth-order valence-corrected chi connectivity index (χ4v) is 5.87. The van der Waals surface area contributed by atoms with Gasteiger partial charge in [0.2, 0.25) is 5.91 Å². The lowest BCUT2D eigenvalue weighted by molar-refractivity contribution is -0.124. The maximum Gasteiger partial charge on any atom is 0.220 e. The lowest BCUT2D eigenvalue weighted by atomic mass is 10.0. The Morgan fingerprint density at radius 1 is 0.558 bits per heavy atom. The summed E-state index contributed by atoms with van der Waals surface area (Å²) < 4.78 is 0. The van der Waals surface area contributed by atoms with Crippen LogP contribution in [0.1, 0.15) is 200 Å². The quantitative estimate of drug-likeness (QED) is 0.0432. The van der Waals surface area contributed by atoms with Gasteiger partial charge in [-0.2, -0.15) is 0 Å². The maximum absolute atomic E-state index is 12.3. The van der Waals surface area contributed by atoms with Crippen molar-refractivity contribution in [3.05, 3.63) is 12.2 Å². The number of carbonyl (C=O) groups is 1. The van der Waals surface area contributed by atoms with E-state index >= 15 is 0 Å². The van der Waals surface area contributed by atoms with Crippen LogP contribution in [0.3, 0.4) is 0 Å². The fourth-order valence-electron chi connectivity index (χ4n) is 5.87. The summed E-state index contributed by atoms with van der Waals surface area (Å²) >= 11 is 0.